The Balaban J connectivity index is 0.00000689. The number of nitrogens with zero attached hydrogens (tertiary/aromatic N) is 9. The quantitative estimate of drug-likeness (QED) is 0.113. The van der Waals surface area contributed by atoms with Gasteiger partial charge < -0.3 is 0 Å². The van der Waals surface area contributed by atoms with Gasteiger partial charge in [0, 0.05) is 94.1 Å². The summed E-state index contributed by atoms with van der Waals surface area (Å²) in [7, 11) is 0. The van der Waals surface area contributed by atoms with Crippen LogP contribution in [-0.4, -0.2) is 52.0 Å². The van der Waals surface area contributed by atoms with E-state index < -0.39 is 0 Å². The standard InChI is InChI=1S/C81H57N9.B/c1-52-43-73(82-49-67(52)55-19-7-4-8-20-55)58-31-37-64(38-32-58)88-76-28-16-13-25-70(76)85-79(88)61-46-62(80-86-71-26-14-17-29-77(71)89(80)65-39-33-59(34-40-65)74-44-53(2)68(50-83-74)56-21-9-5-10-22-56)48-63(47-61)81-87-72-27-15-18-30-78(72)90(81)66-41-35-60(36-42-66)75-45-54(3)69(51-84-75)57-23-11-6-12-24-57;/h4-51H,1-3H3;. The van der Waals surface area contributed by atoms with Crippen LogP contribution in [0.3, 0.4) is 0 Å². The van der Waals surface area contributed by atoms with Crippen LogP contribution in [0.25, 0.3) is 151 Å². The number of benzene rings is 10. The zero-order valence-corrected chi connectivity index (χ0v) is 50.3. The zero-order valence-electron chi connectivity index (χ0n) is 50.3. The molecule has 0 N–H and O–H groups in total. The van der Waals surface area contributed by atoms with Gasteiger partial charge in [-0.25, -0.2) is 15.0 Å². The van der Waals surface area contributed by atoms with E-state index >= 15 is 0 Å². The molecular weight excluding hydrogens is 1110 g/mol. The van der Waals surface area contributed by atoms with E-state index in [2.05, 4.69) is 289 Å². The first-order valence-electron chi connectivity index (χ1n) is 30.3. The summed E-state index contributed by atoms with van der Waals surface area (Å²) in [5.41, 5.74) is 27.2. The van der Waals surface area contributed by atoms with E-state index in [0.29, 0.717) is 0 Å². The highest BCUT2D eigenvalue weighted by Crippen LogP contribution is 2.41. The molecule has 0 bridgehead atoms. The zero-order chi connectivity index (χ0) is 60.2. The second kappa shape index (κ2) is 23.3. The Bertz CT molecular complexity index is 4820. The third-order valence-corrected chi connectivity index (χ3v) is 17.2. The molecule has 91 heavy (non-hydrogen) atoms. The average Bonchev–Trinajstić information content (AvgIpc) is 1.64. The first kappa shape index (κ1) is 55.7. The van der Waals surface area contributed by atoms with Crippen molar-refractivity contribution in [1.29, 1.82) is 0 Å². The second-order valence-electron chi connectivity index (χ2n) is 23.0. The molecule has 0 aliphatic heterocycles. The van der Waals surface area contributed by atoms with Gasteiger partial charge in [-0.3, -0.25) is 28.7 Å². The molecule has 10 aromatic carbocycles. The Kier molecular flexibility index (Phi) is 14.3. The maximum Gasteiger partial charge on any atom is 0.145 e. The summed E-state index contributed by atoms with van der Waals surface area (Å²) in [6.07, 6.45) is 5.96. The van der Waals surface area contributed by atoms with Crippen molar-refractivity contribution in [3.05, 3.63) is 308 Å². The van der Waals surface area contributed by atoms with Gasteiger partial charge in [0.25, 0.3) is 0 Å². The minimum absolute atomic E-state index is 0. The fraction of sp³-hybridized carbons (Fsp3) is 0.0370. The van der Waals surface area contributed by atoms with E-state index in [9.17, 15) is 0 Å². The van der Waals surface area contributed by atoms with Crippen molar-refractivity contribution >= 4 is 41.5 Å². The number of hydrogen-bond donors (Lipinski definition) is 0. The summed E-state index contributed by atoms with van der Waals surface area (Å²) in [4.78, 5) is 31.5. The van der Waals surface area contributed by atoms with Gasteiger partial charge in [-0.2, -0.15) is 0 Å². The van der Waals surface area contributed by atoms with Crippen molar-refractivity contribution < 1.29 is 0 Å². The van der Waals surface area contributed by atoms with Gasteiger partial charge in [0.05, 0.1) is 50.2 Å². The summed E-state index contributed by atoms with van der Waals surface area (Å²) >= 11 is 0. The molecule has 0 atom stereocenters. The lowest BCUT2D eigenvalue weighted by Gasteiger charge is -2.16. The summed E-state index contributed by atoms with van der Waals surface area (Å²) in [5.74, 6) is 2.32. The van der Waals surface area contributed by atoms with E-state index in [-0.39, 0.29) is 8.41 Å². The van der Waals surface area contributed by atoms with Crippen molar-refractivity contribution in [3.8, 4) is 118 Å². The molecule has 10 heteroatoms. The van der Waals surface area contributed by atoms with Crippen LogP contribution in [0.2, 0.25) is 0 Å². The van der Waals surface area contributed by atoms with Crippen molar-refractivity contribution in [3.63, 3.8) is 0 Å². The van der Waals surface area contributed by atoms with Crippen molar-refractivity contribution in [2.24, 2.45) is 0 Å². The van der Waals surface area contributed by atoms with E-state index in [1.807, 2.05) is 36.8 Å². The van der Waals surface area contributed by atoms with Gasteiger partial charge in [-0.05, 0) is 163 Å². The van der Waals surface area contributed by atoms with Crippen LogP contribution in [0.1, 0.15) is 16.7 Å². The molecule has 0 fully saturated rings. The van der Waals surface area contributed by atoms with Crippen LogP contribution in [0.4, 0.5) is 0 Å². The predicted octanol–water partition coefficient (Wildman–Crippen LogP) is 19.4. The van der Waals surface area contributed by atoms with Crippen molar-refractivity contribution in [2.75, 3.05) is 0 Å². The van der Waals surface area contributed by atoms with Crippen LogP contribution in [-0.2, 0) is 0 Å². The van der Waals surface area contributed by atoms with Gasteiger partial charge in [0.1, 0.15) is 17.5 Å². The Morgan fingerprint density at radius 3 is 0.758 bits per heavy atom. The summed E-state index contributed by atoms with van der Waals surface area (Å²) in [6, 6.07) is 95.7. The number of hydrogen-bond acceptors (Lipinski definition) is 6. The monoisotopic (exact) mass is 1170 g/mol. The molecule has 16 aromatic rings. The van der Waals surface area contributed by atoms with Crippen molar-refractivity contribution in [1.82, 2.24) is 43.6 Å². The molecule has 0 amide bonds. The number of fused-ring (bicyclic) bond motifs is 3. The van der Waals surface area contributed by atoms with Crippen LogP contribution < -0.4 is 0 Å². The normalized spacial score (nSPS) is 11.4. The highest BCUT2D eigenvalue weighted by molar-refractivity contribution is 5.91. The molecule has 0 spiro atoms. The lowest BCUT2D eigenvalue weighted by atomic mass is 10.0. The maximum absolute atomic E-state index is 5.53. The smallest absolute Gasteiger partial charge is 0.145 e. The first-order chi connectivity index (χ1) is 44.3. The molecule has 0 aliphatic carbocycles. The molecule has 6 aromatic heterocycles. The third kappa shape index (κ3) is 10.3. The highest BCUT2D eigenvalue weighted by atomic mass is 15.1. The lowest BCUT2D eigenvalue weighted by Crippen LogP contribution is -2.02. The molecular formula is C81H57BN9. The Morgan fingerprint density at radius 2 is 0.495 bits per heavy atom. The van der Waals surface area contributed by atoms with Gasteiger partial charge in [0.2, 0.25) is 0 Å². The first-order valence-corrected chi connectivity index (χ1v) is 30.3. The molecule has 429 valence electrons. The van der Waals surface area contributed by atoms with Gasteiger partial charge in [-0.15, -0.1) is 0 Å². The van der Waals surface area contributed by atoms with Gasteiger partial charge in [-0.1, -0.05) is 164 Å². The third-order valence-electron chi connectivity index (χ3n) is 17.2. The van der Waals surface area contributed by atoms with Gasteiger partial charge >= 0.3 is 0 Å². The number of pyridine rings is 3. The lowest BCUT2D eigenvalue weighted by molar-refractivity contribution is 1.08. The molecule has 0 saturated carbocycles. The Labute approximate surface area is 529 Å². The SMILES string of the molecule is Cc1cc(-c2ccc(-n3c(-c4cc(-c5nc6ccccc6n5-c5ccc(-c6cc(C)c(-c7ccccc7)cn6)cc5)cc(-c5nc6ccccc6n5-c5ccc(-c6cc(C)c(-c7ccccc7)cn6)cc5)c4)nc4ccccc43)cc2)ncc1-c1ccccc1.[B]. The largest absolute Gasteiger partial charge is 0.292 e. The molecule has 0 unspecified atom stereocenters. The van der Waals surface area contributed by atoms with Crippen LogP contribution >= 0.6 is 0 Å². The van der Waals surface area contributed by atoms with E-state index in [1.165, 1.54) is 16.7 Å². The highest BCUT2D eigenvalue weighted by Gasteiger charge is 2.24. The number of aryl methyl sites for hydroxylation is 3. The summed E-state index contributed by atoms with van der Waals surface area (Å²) < 4.78 is 6.81. The number of rotatable bonds is 12. The van der Waals surface area contributed by atoms with Crippen molar-refractivity contribution in [2.45, 2.75) is 20.8 Å². The molecule has 6 heterocycles. The minimum Gasteiger partial charge on any atom is -0.292 e. The topological polar surface area (TPSA) is 92.1 Å². The Hall–Kier alpha value is -11.9. The summed E-state index contributed by atoms with van der Waals surface area (Å²) in [5, 5.41) is 0. The average molecular weight is 1170 g/mol. The minimum atomic E-state index is 0. The van der Waals surface area contributed by atoms with E-state index in [4.69, 9.17) is 29.9 Å². The maximum atomic E-state index is 5.53. The predicted molar refractivity (Wildman–Crippen MR) is 373 cm³/mol. The second-order valence-corrected chi connectivity index (χ2v) is 23.0. The van der Waals surface area contributed by atoms with Gasteiger partial charge in [0.15, 0.2) is 0 Å². The molecule has 16 rings (SSSR count). The fourth-order valence-corrected chi connectivity index (χ4v) is 12.7. The molecule has 3 radical (unpaired) electrons. The number of imidazole rings is 3. The molecule has 0 saturated heterocycles. The summed E-state index contributed by atoms with van der Waals surface area (Å²) in [6.45, 7) is 6.46. The molecule has 0 aliphatic rings. The van der Waals surface area contributed by atoms with Crippen LogP contribution in [0.15, 0.2) is 292 Å². The Morgan fingerprint density at radius 1 is 0.242 bits per heavy atom. The van der Waals surface area contributed by atoms with Crippen LogP contribution in [0, 0.1) is 20.8 Å². The van der Waals surface area contributed by atoms with Crippen LogP contribution in [0.5, 0.6) is 0 Å². The van der Waals surface area contributed by atoms with E-state index in [0.717, 1.165) is 151 Å². The molecule has 9 nitrogen and oxygen atoms in total. The van der Waals surface area contributed by atoms with E-state index in [1.54, 1.807) is 0 Å². The number of para-hydroxylation sites is 6. The number of aromatic nitrogens is 9. The fourth-order valence-electron chi connectivity index (χ4n) is 12.7.